The van der Waals surface area contributed by atoms with E-state index in [1.54, 1.807) is 13.2 Å². The predicted molar refractivity (Wildman–Crippen MR) is 110 cm³/mol. The van der Waals surface area contributed by atoms with E-state index in [4.69, 9.17) is 21.1 Å². The van der Waals surface area contributed by atoms with Crippen LogP contribution in [0.15, 0.2) is 30.3 Å². The van der Waals surface area contributed by atoms with E-state index >= 15 is 0 Å². The molecule has 0 bridgehead atoms. The van der Waals surface area contributed by atoms with Gasteiger partial charge >= 0.3 is 5.97 Å². The Hall–Kier alpha value is -2.40. The summed E-state index contributed by atoms with van der Waals surface area (Å²) in [5.41, 5.74) is 3.99. The normalized spacial score (nSPS) is 15.3. The van der Waals surface area contributed by atoms with Crippen LogP contribution in [0.1, 0.15) is 41.4 Å². The molecule has 0 amide bonds. The minimum absolute atomic E-state index is 0.343. The summed E-state index contributed by atoms with van der Waals surface area (Å²) in [5.74, 6) is 0.350. The zero-order valence-corrected chi connectivity index (χ0v) is 17.1. The number of methoxy groups -OCH3 is 1. The average Bonchev–Trinajstić information content (AvgIpc) is 2.97. The van der Waals surface area contributed by atoms with Gasteiger partial charge in [-0.2, -0.15) is 0 Å². The molecule has 1 unspecified atom stereocenters. The third-order valence-corrected chi connectivity index (χ3v) is 5.26. The fraction of sp³-hybridized carbons (Fsp3) is 0.381. The summed E-state index contributed by atoms with van der Waals surface area (Å²) in [7, 11) is 5.41. The molecule has 1 atom stereocenters. The van der Waals surface area contributed by atoms with Gasteiger partial charge in [0.1, 0.15) is 5.75 Å². The molecule has 0 saturated carbocycles. The van der Waals surface area contributed by atoms with Crippen molar-refractivity contribution in [3.05, 3.63) is 52.0 Å². The third kappa shape index (κ3) is 3.44. The van der Waals surface area contributed by atoms with E-state index in [1.807, 2.05) is 43.3 Å². The fourth-order valence-corrected chi connectivity index (χ4v) is 3.82. The van der Waals surface area contributed by atoms with Gasteiger partial charge in [-0.3, -0.25) is 0 Å². The zero-order chi connectivity index (χ0) is 19.7. The van der Waals surface area contributed by atoms with Gasteiger partial charge in [-0.15, -0.1) is 0 Å². The molecule has 0 fully saturated rings. The predicted octanol–water partition coefficient (Wildman–Crippen LogP) is 4.52. The first kappa shape index (κ1) is 19.4. The van der Waals surface area contributed by atoms with Gasteiger partial charge in [0.15, 0.2) is 6.10 Å². The van der Waals surface area contributed by atoms with Crippen molar-refractivity contribution in [2.45, 2.75) is 20.0 Å². The molecule has 6 heteroatoms. The molecule has 144 valence electrons. The maximum absolute atomic E-state index is 12.5. The van der Waals surface area contributed by atoms with Crippen molar-refractivity contribution < 1.29 is 14.3 Å². The molecule has 0 saturated heterocycles. The lowest BCUT2D eigenvalue weighted by atomic mass is 9.97. The Bertz CT molecular complexity index is 863. The number of halogens is 1. The van der Waals surface area contributed by atoms with Gasteiger partial charge in [0.2, 0.25) is 0 Å². The second-order valence-electron chi connectivity index (χ2n) is 6.67. The number of anilines is 2. The van der Waals surface area contributed by atoms with Crippen LogP contribution in [-0.2, 0) is 4.74 Å². The number of esters is 1. The van der Waals surface area contributed by atoms with Crippen LogP contribution in [-0.4, -0.2) is 40.3 Å². The lowest BCUT2D eigenvalue weighted by molar-refractivity contribution is 0.0452. The Balaban J connectivity index is 2.07. The highest BCUT2D eigenvalue weighted by atomic mass is 35.5. The molecule has 1 aliphatic heterocycles. The van der Waals surface area contributed by atoms with Crippen LogP contribution >= 0.6 is 11.6 Å². The van der Waals surface area contributed by atoms with Gasteiger partial charge in [-0.05, 0) is 38.1 Å². The maximum atomic E-state index is 12.5. The summed E-state index contributed by atoms with van der Waals surface area (Å²) >= 11 is 6.43. The Morgan fingerprint density at radius 1 is 1.11 bits per heavy atom. The van der Waals surface area contributed by atoms with E-state index in [1.165, 1.54) is 0 Å². The molecule has 0 aliphatic carbocycles. The van der Waals surface area contributed by atoms with Gasteiger partial charge in [0.05, 0.1) is 23.4 Å². The van der Waals surface area contributed by atoms with Gasteiger partial charge in [0, 0.05) is 50.1 Å². The van der Waals surface area contributed by atoms with Gasteiger partial charge in [-0.25, -0.2) is 4.79 Å². The number of cyclic esters (lactones) is 1. The summed E-state index contributed by atoms with van der Waals surface area (Å²) in [6, 6.07) is 9.60. The summed E-state index contributed by atoms with van der Waals surface area (Å²) in [6.45, 7) is 6.04. The molecule has 3 rings (SSSR count). The van der Waals surface area contributed by atoms with E-state index in [2.05, 4.69) is 18.7 Å². The number of rotatable bonds is 6. The molecule has 1 aliphatic rings. The summed E-state index contributed by atoms with van der Waals surface area (Å²) in [5, 5.41) is 0.584. The molecule has 0 radical (unpaired) electrons. The molecule has 2 aromatic carbocycles. The van der Waals surface area contributed by atoms with Gasteiger partial charge < -0.3 is 19.3 Å². The van der Waals surface area contributed by atoms with E-state index < -0.39 is 6.10 Å². The number of ether oxygens (including phenoxy) is 2. The SMILES string of the molecule is CCN(CC)c1ccc(C2OC(=O)c3cc(N(C)C)c(Cl)cc32)c(OC)c1. The number of carbonyl (C=O) groups excluding carboxylic acids is 1. The van der Waals surface area contributed by atoms with Crippen molar-refractivity contribution in [1.82, 2.24) is 0 Å². The van der Waals surface area contributed by atoms with Crippen LogP contribution in [0, 0.1) is 0 Å². The molecule has 5 nitrogen and oxygen atoms in total. The van der Waals surface area contributed by atoms with Crippen LogP contribution in [0.5, 0.6) is 5.75 Å². The summed E-state index contributed by atoms with van der Waals surface area (Å²) < 4.78 is 11.3. The summed E-state index contributed by atoms with van der Waals surface area (Å²) in [4.78, 5) is 16.6. The highest BCUT2D eigenvalue weighted by molar-refractivity contribution is 6.33. The number of hydrogen-bond acceptors (Lipinski definition) is 5. The van der Waals surface area contributed by atoms with E-state index in [0.29, 0.717) is 16.3 Å². The van der Waals surface area contributed by atoms with Crippen LogP contribution < -0.4 is 14.5 Å². The number of hydrogen-bond donors (Lipinski definition) is 0. The third-order valence-electron chi connectivity index (χ3n) is 4.96. The standard InChI is InChI=1S/C21H25ClN2O3/c1-6-24(7-2)13-8-9-14(19(10-13)26-5)20-15-11-17(22)18(23(3)4)12-16(15)21(25)27-20/h8-12,20H,6-7H2,1-5H3. The first-order valence-corrected chi connectivity index (χ1v) is 9.43. The topological polar surface area (TPSA) is 42.0 Å². The van der Waals surface area contributed by atoms with Crippen molar-refractivity contribution in [2.24, 2.45) is 0 Å². The van der Waals surface area contributed by atoms with E-state index in [9.17, 15) is 4.79 Å². The summed E-state index contributed by atoms with van der Waals surface area (Å²) in [6.07, 6.45) is -0.526. The Labute approximate surface area is 165 Å². The van der Waals surface area contributed by atoms with E-state index in [0.717, 1.165) is 35.6 Å². The van der Waals surface area contributed by atoms with Crippen molar-refractivity contribution >= 4 is 28.9 Å². The molecule has 0 N–H and O–H groups in total. The highest BCUT2D eigenvalue weighted by Crippen LogP contribution is 2.43. The maximum Gasteiger partial charge on any atom is 0.339 e. The monoisotopic (exact) mass is 388 g/mol. The molecule has 1 heterocycles. The number of nitrogens with zero attached hydrogens (tertiary/aromatic N) is 2. The minimum atomic E-state index is -0.526. The van der Waals surface area contributed by atoms with Gasteiger partial charge in [0.25, 0.3) is 0 Å². The largest absolute Gasteiger partial charge is 0.496 e. The second kappa shape index (κ2) is 7.69. The first-order valence-electron chi connectivity index (χ1n) is 9.05. The van der Waals surface area contributed by atoms with Crippen LogP contribution in [0.2, 0.25) is 5.02 Å². The molecular formula is C21H25ClN2O3. The number of benzene rings is 2. The van der Waals surface area contributed by atoms with Crippen LogP contribution in [0.4, 0.5) is 11.4 Å². The van der Waals surface area contributed by atoms with Crippen LogP contribution in [0.3, 0.4) is 0 Å². The molecule has 2 aromatic rings. The van der Waals surface area contributed by atoms with Gasteiger partial charge in [-0.1, -0.05) is 11.6 Å². The fourth-order valence-electron chi connectivity index (χ4n) is 3.48. The highest BCUT2D eigenvalue weighted by Gasteiger charge is 2.35. The van der Waals surface area contributed by atoms with Crippen molar-refractivity contribution in [2.75, 3.05) is 44.1 Å². The number of carbonyl (C=O) groups is 1. The molecule has 0 aromatic heterocycles. The average molecular weight is 389 g/mol. The smallest absolute Gasteiger partial charge is 0.339 e. The van der Waals surface area contributed by atoms with Crippen LogP contribution in [0.25, 0.3) is 0 Å². The lowest BCUT2D eigenvalue weighted by Gasteiger charge is -2.23. The van der Waals surface area contributed by atoms with Crippen molar-refractivity contribution in [1.29, 1.82) is 0 Å². The minimum Gasteiger partial charge on any atom is -0.496 e. The lowest BCUT2D eigenvalue weighted by Crippen LogP contribution is -2.21. The molecule has 27 heavy (non-hydrogen) atoms. The molecule has 0 spiro atoms. The quantitative estimate of drug-likeness (QED) is 0.680. The van der Waals surface area contributed by atoms with Crippen molar-refractivity contribution in [3.8, 4) is 5.75 Å². The Morgan fingerprint density at radius 2 is 1.81 bits per heavy atom. The Kier molecular flexibility index (Phi) is 5.51. The zero-order valence-electron chi connectivity index (χ0n) is 16.4. The second-order valence-corrected chi connectivity index (χ2v) is 7.08. The van der Waals surface area contributed by atoms with E-state index in [-0.39, 0.29) is 5.97 Å². The number of fused-ring (bicyclic) bond motifs is 1. The Morgan fingerprint density at radius 3 is 2.41 bits per heavy atom. The first-order chi connectivity index (χ1) is 12.9. The van der Waals surface area contributed by atoms with Crippen molar-refractivity contribution in [3.63, 3.8) is 0 Å². The molecular weight excluding hydrogens is 364 g/mol.